The fraction of sp³-hybridized carbons (Fsp3) is 0.500. The summed E-state index contributed by atoms with van der Waals surface area (Å²) in [6, 6.07) is 9.23. The zero-order chi connectivity index (χ0) is 15.7. The Morgan fingerprint density at radius 3 is 2.29 bits per heavy atom. The average molecular weight is 290 g/mol. The normalized spacial score (nSPS) is 11.9. The third kappa shape index (κ3) is 7.34. The highest BCUT2D eigenvalue weighted by atomic mass is 16.1. The van der Waals surface area contributed by atoms with Gasteiger partial charge in [0, 0.05) is 31.2 Å². The summed E-state index contributed by atoms with van der Waals surface area (Å²) in [5, 5.41) is 9.41. The van der Waals surface area contributed by atoms with Gasteiger partial charge in [0.1, 0.15) is 0 Å². The van der Waals surface area contributed by atoms with E-state index in [1.807, 2.05) is 30.3 Å². The van der Waals surface area contributed by atoms with Crippen molar-refractivity contribution in [3.8, 4) is 0 Å². The first kappa shape index (κ1) is 17.0. The molecule has 1 aromatic carbocycles. The molecule has 0 aliphatic carbocycles. The first-order valence-electron chi connectivity index (χ1n) is 7.24. The highest BCUT2D eigenvalue weighted by Crippen LogP contribution is 1.98. The summed E-state index contributed by atoms with van der Waals surface area (Å²) in [6.45, 7) is 7.64. The van der Waals surface area contributed by atoms with Crippen LogP contribution in [0.3, 0.4) is 0 Å². The molecule has 0 heterocycles. The fourth-order valence-corrected chi connectivity index (χ4v) is 1.72. The number of benzene rings is 1. The summed E-state index contributed by atoms with van der Waals surface area (Å²) in [4.78, 5) is 16.0. The van der Waals surface area contributed by atoms with Crippen molar-refractivity contribution < 1.29 is 4.79 Å². The van der Waals surface area contributed by atoms with Gasteiger partial charge < -0.3 is 16.0 Å². The molecule has 1 aromatic rings. The lowest BCUT2D eigenvalue weighted by molar-refractivity contribution is 0.0953. The van der Waals surface area contributed by atoms with Crippen LogP contribution in [0.4, 0.5) is 0 Å². The van der Waals surface area contributed by atoms with Crippen LogP contribution in [0.2, 0.25) is 0 Å². The molecule has 0 aliphatic rings. The molecule has 1 amide bonds. The van der Waals surface area contributed by atoms with Gasteiger partial charge in [-0.05, 0) is 39.3 Å². The number of nitrogens with zero attached hydrogens (tertiary/aromatic N) is 1. The van der Waals surface area contributed by atoms with Crippen LogP contribution in [0, 0.1) is 0 Å². The Kier molecular flexibility index (Phi) is 6.72. The Labute approximate surface area is 127 Å². The second-order valence-electron chi connectivity index (χ2n) is 5.85. The minimum atomic E-state index is -0.0344. The van der Waals surface area contributed by atoms with Gasteiger partial charge in [0.15, 0.2) is 5.96 Å². The van der Waals surface area contributed by atoms with Crippen molar-refractivity contribution in [2.45, 2.75) is 32.7 Å². The van der Waals surface area contributed by atoms with E-state index in [9.17, 15) is 4.79 Å². The molecule has 0 atom stereocenters. The van der Waals surface area contributed by atoms with Gasteiger partial charge in [-0.2, -0.15) is 0 Å². The second kappa shape index (κ2) is 8.29. The van der Waals surface area contributed by atoms with Crippen molar-refractivity contribution >= 4 is 11.9 Å². The first-order valence-corrected chi connectivity index (χ1v) is 7.24. The molecule has 116 valence electrons. The van der Waals surface area contributed by atoms with E-state index < -0.39 is 0 Å². The third-order valence-corrected chi connectivity index (χ3v) is 2.68. The second-order valence-corrected chi connectivity index (χ2v) is 5.85. The molecule has 5 heteroatoms. The number of nitrogens with one attached hydrogen (secondary N) is 3. The lowest BCUT2D eigenvalue weighted by atomic mass is 10.1. The standard InChI is InChI=1S/C16H26N4O/c1-16(2,3)20-15(17-4)19-12-8-11-18-14(21)13-9-6-5-7-10-13/h5-7,9-10H,8,11-12H2,1-4H3,(H,18,21)(H2,17,19,20). The molecule has 21 heavy (non-hydrogen) atoms. The summed E-state index contributed by atoms with van der Waals surface area (Å²) in [5.41, 5.74) is 0.666. The highest BCUT2D eigenvalue weighted by molar-refractivity contribution is 5.94. The van der Waals surface area contributed by atoms with Gasteiger partial charge >= 0.3 is 0 Å². The van der Waals surface area contributed by atoms with Crippen LogP contribution < -0.4 is 16.0 Å². The maximum atomic E-state index is 11.8. The van der Waals surface area contributed by atoms with Gasteiger partial charge in [0.05, 0.1) is 0 Å². The van der Waals surface area contributed by atoms with Crippen molar-refractivity contribution in [1.82, 2.24) is 16.0 Å². The smallest absolute Gasteiger partial charge is 0.251 e. The van der Waals surface area contributed by atoms with Gasteiger partial charge in [0.25, 0.3) is 5.91 Å². The minimum absolute atomic E-state index is 0.0244. The summed E-state index contributed by atoms with van der Waals surface area (Å²) >= 11 is 0. The summed E-state index contributed by atoms with van der Waals surface area (Å²) in [7, 11) is 1.75. The van der Waals surface area contributed by atoms with E-state index >= 15 is 0 Å². The van der Waals surface area contributed by atoms with Crippen molar-refractivity contribution in [1.29, 1.82) is 0 Å². The lowest BCUT2D eigenvalue weighted by Gasteiger charge is -2.23. The lowest BCUT2D eigenvalue weighted by Crippen LogP contribution is -2.48. The zero-order valence-corrected chi connectivity index (χ0v) is 13.4. The SMILES string of the molecule is CN=C(NCCCNC(=O)c1ccccc1)NC(C)(C)C. The largest absolute Gasteiger partial charge is 0.356 e. The van der Waals surface area contributed by atoms with E-state index in [4.69, 9.17) is 0 Å². The minimum Gasteiger partial charge on any atom is -0.356 e. The number of carbonyl (C=O) groups is 1. The molecule has 0 aromatic heterocycles. The van der Waals surface area contributed by atoms with Crippen LogP contribution in [0.15, 0.2) is 35.3 Å². The highest BCUT2D eigenvalue weighted by Gasteiger charge is 2.11. The molecular formula is C16H26N4O. The molecule has 3 N–H and O–H groups in total. The molecule has 5 nitrogen and oxygen atoms in total. The third-order valence-electron chi connectivity index (χ3n) is 2.68. The Bertz CT molecular complexity index is 463. The van der Waals surface area contributed by atoms with Crippen LogP contribution >= 0.6 is 0 Å². The quantitative estimate of drug-likeness (QED) is 0.440. The average Bonchev–Trinajstić information content (AvgIpc) is 2.45. The van der Waals surface area contributed by atoms with Crippen molar-refractivity contribution in [2.24, 2.45) is 4.99 Å². The van der Waals surface area contributed by atoms with Crippen LogP contribution in [-0.4, -0.2) is 37.5 Å². The molecule has 0 fully saturated rings. The van der Waals surface area contributed by atoms with E-state index in [1.54, 1.807) is 7.05 Å². The number of aliphatic imine (C=N–C) groups is 1. The first-order chi connectivity index (χ1) is 9.92. The molecule has 0 aliphatic heterocycles. The molecule has 0 radical (unpaired) electrons. The predicted octanol–water partition coefficient (Wildman–Crippen LogP) is 1.77. The molecule has 1 rings (SSSR count). The van der Waals surface area contributed by atoms with Gasteiger partial charge in [-0.25, -0.2) is 0 Å². The molecule has 0 bridgehead atoms. The Balaban J connectivity index is 2.21. The summed E-state index contributed by atoms with van der Waals surface area (Å²) in [5.74, 6) is 0.740. The number of guanidine groups is 1. The van der Waals surface area contributed by atoms with E-state index in [-0.39, 0.29) is 11.4 Å². The van der Waals surface area contributed by atoms with E-state index in [2.05, 4.69) is 41.7 Å². The predicted molar refractivity (Wildman–Crippen MR) is 87.6 cm³/mol. The van der Waals surface area contributed by atoms with Crippen molar-refractivity contribution in [2.75, 3.05) is 20.1 Å². The van der Waals surface area contributed by atoms with E-state index in [0.717, 1.165) is 18.9 Å². The van der Waals surface area contributed by atoms with Gasteiger partial charge in [0.2, 0.25) is 0 Å². The van der Waals surface area contributed by atoms with Crippen LogP contribution in [0.1, 0.15) is 37.6 Å². The summed E-state index contributed by atoms with van der Waals surface area (Å²) in [6.07, 6.45) is 0.837. The van der Waals surface area contributed by atoms with E-state index in [0.29, 0.717) is 12.1 Å². The fourth-order valence-electron chi connectivity index (χ4n) is 1.72. The Hall–Kier alpha value is -2.04. The number of amides is 1. The van der Waals surface area contributed by atoms with Gasteiger partial charge in [-0.15, -0.1) is 0 Å². The van der Waals surface area contributed by atoms with Crippen molar-refractivity contribution in [3.05, 3.63) is 35.9 Å². The maximum Gasteiger partial charge on any atom is 0.251 e. The molecule has 0 saturated heterocycles. The molecule has 0 saturated carbocycles. The monoisotopic (exact) mass is 290 g/mol. The van der Waals surface area contributed by atoms with E-state index in [1.165, 1.54) is 0 Å². The topological polar surface area (TPSA) is 65.5 Å². The zero-order valence-electron chi connectivity index (χ0n) is 13.4. The van der Waals surface area contributed by atoms with Gasteiger partial charge in [-0.1, -0.05) is 18.2 Å². The van der Waals surface area contributed by atoms with Crippen LogP contribution in [0.25, 0.3) is 0 Å². The summed E-state index contributed by atoms with van der Waals surface area (Å²) < 4.78 is 0. The Morgan fingerprint density at radius 2 is 1.71 bits per heavy atom. The molecular weight excluding hydrogens is 264 g/mol. The van der Waals surface area contributed by atoms with Crippen molar-refractivity contribution in [3.63, 3.8) is 0 Å². The molecule has 0 spiro atoms. The Morgan fingerprint density at radius 1 is 1.10 bits per heavy atom. The maximum absolute atomic E-state index is 11.8. The number of carbonyl (C=O) groups excluding carboxylic acids is 1. The number of hydrogen-bond donors (Lipinski definition) is 3. The van der Waals surface area contributed by atoms with Crippen LogP contribution in [-0.2, 0) is 0 Å². The van der Waals surface area contributed by atoms with Gasteiger partial charge in [-0.3, -0.25) is 9.79 Å². The number of hydrogen-bond acceptors (Lipinski definition) is 2. The number of rotatable bonds is 5. The van der Waals surface area contributed by atoms with Crippen LogP contribution in [0.5, 0.6) is 0 Å². The molecule has 0 unspecified atom stereocenters.